The molecule has 2 aromatic heterocycles. The van der Waals surface area contributed by atoms with Gasteiger partial charge >= 0.3 is 0 Å². The zero-order chi connectivity index (χ0) is 17.1. The minimum atomic E-state index is 0.740. The number of nitrogens with zero attached hydrogens (tertiary/aromatic N) is 1. The lowest BCUT2D eigenvalue weighted by Gasteiger charge is -2.06. The maximum Gasteiger partial charge on any atom is 0.117 e. The number of furan rings is 1. The first-order valence-electron chi connectivity index (χ1n) is 8.65. The Morgan fingerprint density at radius 3 is 2.72 bits per heavy atom. The topological polar surface area (TPSA) is 30.1 Å². The number of rotatable bonds is 6. The van der Waals surface area contributed by atoms with Crippen LogP contribution in [0.2, 0.25) is 0 Å². The second-order valence-electron chi connectivity index (χ2n) is 6.47. The van der Waals surface area contributed by atoms with E-state index in [9.17, 15) is 0 Å². The molecule has 3 nitrogen and oxygen atoms in total. The highest BCUT2D eigenvalue weighted by molar-refractivity contribution is 5.84. The van der Waals surface area contributed by atoms with E-state index in [1.807, 2.05) is 12.1 Å². The van der Waals surface area contributed by atoms with E-state index in [1.54, 1.807) is 6.26 Å². The van der Waals surface area contributed by atoms with Gasteiger partial charge in [-0.25, -0.2) is 0 Å². The summed E-state index contributed by atoms with van der Waals surface area (Å²) in [6.07, 6.45) is 3.98. The van der Waals surface area contributed by atoms with Gasteiger partial charge in [0.05, 0.1) is 12.8 Å². The van der Waals surface area contributed by atoms with Crippen LogP contribution in [0.15, 0.2) is 77.5 Å². The van der Waals surface area contributed by atoms with Crippen molar-refractivity contribution in [2.24, 2.45) is 0 Å². The van der Waals surface area contributed by atoms with E-state index in [4.69, 9.17) is 4.42 Å². The first-order valence-corrected chi connectivity index (χ1v) is 8.65. The Morgan fingerprint density at radius 2 is 1.88 bits per heavy atom. The van der Waals surface area contributed by atoms with Gasteiger partial charge in [-0.05, 0) is 36.2 Å². The van der Waals surface area contributed by atoms with Crippen molar-refractivity contribution >= 4 is 10.9 Å². The highest BCUT2D eigenvalue weighted by Crippen LogP contribution is 2.22. The Kier molecular flexibility index (Phi) is 4.40. The summed E-state index contributed by atoms with van der Waals surface area (Å²) >= 11 is 0. The summed E-state index contributed by atoms with van der Waals surface area (Å²) in [6.45, 7) is 4.59. The molecule has 0 saturated carbocycles. The van der Waals surface area contributed by atoms with E-state index in [0.717, 1.165) is 25.4 Å². The van der Waals surface area contributed by atoms with Gasteiger partial charge in [0.2, 0.25) is 0 Å². The van der Waals surface area contributed by atoms with Crippen LogP contribution >= 0.6 is 0 Å². The first kappa shape index (κ1) is 15.7. The standard InChI is InChI=1S/C22H22N2O/c1-17-6-4-7-18(12-17)15-24-16-19(21-9-2-3-10-22(21)24)13-23-14-20-8-5-11-25-20/h2-12,16,23H,13-15H2,1H3. The molecule has 3 heteroatoms. The molecule has 0 atom stereocenters. The second kappa shape index (κ2) is 6.99. The molecule has 0 amide bonds. The molecule has 2 aromatic carbocycles. The molecule has 2 heterocycles. The van der Waals surface area contributed by atoms with Gasteiger partial charge in [-0.3, -0.25) is 0 Å². The number of aromatic nitrogens is 1. The third kappa shape index (κ3) is 3.52. The van der Waals surface area contributed by atoms with Gasteiger partial charge in [0.25, 0.3) is 0 Å². The number of para-hydroxylation sites is 1. The number of hydrogen-bond donors (Lipinski definition) is 1. The summed E-state index contributed by atoms with van der Waals surface area (Å²) in [5.41, 5.74) is 5.22. The highest BCUT2D eigenvalue weighted by atomic mass is 16.3. The zero-order valence-electron chi connectivity index (χ0n) is 14.4. The minimum absolute atomic E-state index is 0.740. The van der Waals surface area contributed by atoms with Crippen LogP contribution in [0.25, 0.3) is 10.9 Å². The van der Waals surface area contributed by atoms with Gasteiger partial charge in [0, 0.05) is 30.2 Å². The fraction of sp³-hybridized carbons (Fsp3) is 0.182. The van der Waals surface area contributed by atoms with Crippen LogP contribution in [0.3, 0.4) is 0 Å². The van der Waals surface area contributed by atoms with Crippen LogP contribution in [0.4, 0.5) is 0 Å². The van der Waals surface area contributed by atoms with Crippen molar-refractivity contribution in [2.75, 3.05) is 0 Å². The summed E-state index contributed by atoms with van der Waals surface area (Å²) in [5, 5.41) is 4.78. The molecule has 0 saturated heterocycles. The number of fused-ring (bicyclic) bond motifs is 1. The Bertz CT molecular complexity index is 967. The van der Waals surface area contributed by atoms with Crippen LogP contribution in [0, 0.1) is 6.92 Å². The largest absolute Gasteiger partial charge is 0.468 e. The van der Waals surface area contributed by atoms with Crippen LogP contribution in [-0.2, 0) is 19.6 Å². The fourth-order valence-electron chi connectivity index (χ4n) is 3.34. The smallest absolute Gasteiger partial charge is 0.117 e. The van der Waals surface area contributed by atoms with Gasteiger partial charge in [0.15, 0.2) is 0 Å². The molecule has 0 bridgehead atoms. The zero-order valence-corrected chi connectivity index (χ0v) is 14.4. The van der Waals surface area contributed by atoms with Gasteiger partial charge in [-0.15, -0.1) is 0 Å². The molecule has 0 aliphatic rings. The minimum Gasteiger partial charge on any atom is -0.468 e. The lowest BCUT2D eigenvalue weighted by Crippen LogP contribution is -2.11. The van der Waals surface area contributed by atoms with Crippen LogP contribution < -0.4 is 5.32 Å². The van der Waals surface area contributed by atoms with Crippen molar-refractivity contribution < 1.29 is 4.42 Å². The Labute approximate surface area is 147 Å². The number of hydrogen-bond acceptors (Lipinski definition) is 2. The molecule has 1 N–H and O–H groups in total. The molecule has 4 rings (SSSR count). The van der Waals surface area contributed by atoms with E-state index in [2.05, 4.69) is 71.5 Å². The van der Waals surface area contributed by atoms with E-state index in [0.29, 0.717) is 0 Å². The lowest BCUT2D eigenvalue weighted by atomic mass is 10.1. The molecule has 25 heavy (non-hydrogen) atoms. The third-order valence-corrected chi connectivity index (χ3v) is 4.50. The average Bonchev–Trinajstić information content (AvgIpc) is 3.24. The molecule has 0 aliphatic carbocycles. The Balaban J connectivity index is 1.57. The van der Waals surface area contributed by atoms with Crippen molar-refractivity contribution in [3.8, 4) is 0 Å². The van der Waals surface area contributed by atoms with E-state index in [1.165, 1.54) is 27.6 Å². The van der Waals surface area contributed by atoms with Crippen molar-refractivity contribution in [1.82, 2.24) is 9.88 Å². The number of nitrogens with one attached hydrogen (secondary N) is 1. The summed E-state index contributed by atoms with van der Waals surface area (Å²) in [6, 6.07) is 21.2. The number of aryl methyl sites for hydroxylation is 1. The molecular formula is C22H22N2O. The van der Waals surface area contributed by atoms with E-state index < -0.39 is 0 Å². The number of benzene rings is 2. The van der Waals surface area contributed by atoms with E-state index in [-0.39, 0.29) is 0 Å². The molecule has 0 aliphatic heterocycles. The van der Waals surface area contributed by atoms with E-state index >= 15 is 0 Å². The summed E-state index contributed by atoms with van der Waals surface area (Å²) in [4.78, 5) is 0. The maximum atomic E-state index is 5.39. The first-order chi connectivity index (χ1) is 12.3. The van der Waals surface area contributed by atoms with Crippen LogP contribution in [-0.4, -0.2) is 4.57 Å². The molecule has 126 valence electrons. The molecular weight excluding hydrogens is 308 g/mol. The quantitative estimate of drug-likeness (QED) is 0.546. The Morgan fingerprint density at radius 1 is 0.960 bits per heavy atom. The molecule has 0 spiro atoms. The summed E-state index contributed by atoms with van der Waals surface area (Å²) < 4.78 is 7.73. The molecule has 4 aromatic rings. The average molecular weight is 330 g/mol. The van der Waals surface area contributed by atoms with Crippen LogP contribution in [0.1, 0.15) is 22.5 Å². The molecule has 0 radical (unpaired) electrons. The Hall–Kier alpha value is -2.78. The second-order valence-corrected chi connectivity index (χ2v) is 6.47. The van der Waals surface area contributed by atoms with Gasteiger partial charge in [-0.2, -0.15) is 0 Å². The van der Waals surface area contributed by atoms with Gasteiger partial charge in [-0.1, -0.05) is 48.0 Å². The van der Waals surface area contributed by atoms with Gasteiger partial charge < -0.3 is 14.3 Å². The lowest BCUT2D eigenvalue weighted by molar-refractivity contribution is 0.483. The fourth-order valence-corrected chi connectivity index (χ4v) is 3.34. The summed E-state index contributed by atoms with van der Waals surface area (Å²) in [5.74, 6) is 0.962. The summed E-state index contributed by atoms with van der Waals surface area (Å²) in [7, 11) is 0. The third-order valence-electron chi connectivity index (χ3n) is 4.50. The monoisotopic (exact) mass is 330 g/mol. The molecule has 0 fully saturated rings. The van der Waals surface area contributed by atoms with Crippen molar-refractivity contribution in [2.45, 2.75) is 26.6 Å². The highest BCUT2D eigenvalue weighted by Gasteiger charge is 2.08. The maximum absolute atomic E-state index is 5.39. The SMILES string of the molecule is Cc1cccc(Cn2cc(CNCc3ccco3)c3ccccc32)c1. The normalized spacial score (nSPS) is 11.2. The van der Waals surface area contributed by atoms with Crippen molar-refractivity contribution in [3.63, 3.8) is 0 Å². The van der Waals surface area contributed by atoms with Crippen LogP contribution in [0.5, 0.6) is 0 Å². The van der Waals surface area contributed by atoms with Gasteiger partial charge in [0.1, 0.15) is 5.76 Å². The molecule has 0 unspecified atom stereocenters. The predicted molar refractivity (Wildman–Crippen MR) is 101 cm³/mol. The van der Waals surface area contributed by atoms with Crippen molar-refractivity contribution in [3.05, 3.63) is 95.6 Å². The van der Waals surface area contributed by atoms with Crippen molar-refractivity contribution in [1.29, 1.82) is 0 Å². The predicted octanol–water partition coefficient (Wildman–Crippen LogP) is 4.88.